The number of benzene rings is 2. The number of nitrogens with one attached hydrogen (secondary N) is 1. The van der Waals surface area contributed by atoms with Crippen LogP contribution in [0.4, 0.5) is 0 Å². The Kier molecular flexibility index (Phi) is 8.72. The molecule has 0 saturated carbocycles. The van der Waals surface area contributed by atoms with Crippen LogP contribution in [0.25, 0.3) is 0 Å². The van der Waals surface area contributed by atoms with E-state index in [9.17, 15) is 13.2 Å². The van der Waals surface area contributed by atoms with Crippen molar-refractivity contribution >= 4 is 22.1 Å². The molecule has 0 aliphatic carbocycles. The van der Waals surface area contributed by atoms with E-state index >= 15 is 0 Å². The summed E-state index contributed by atoms with van der Waals surface area (Å²) in [6, 6.07) is 19.0. The van der Waals surface area contributed by atoms with Gasteiger partial charge in [-0.2, -0.15) is 9.41 Å². The van der Waals surface area contributed by atoms with Crippen molar-refractivity contribution < 1.29 is 22.7 Å². The summed E-state index contributed by atoms with van der Waals surface area (Å²) in [4.78, 5) is 16.6. The molecular formula is C24H26N4O5S. The van der Waals surface area contributed by atoms with Crippen molar-refractivity contribution in [2.45, 2.75) is 11.3 Å². The van der Waals surface area contributed by atoms with Gasteiger partial charge in [-0.15, -0.1) is 0 Å². The number of ether oxygens (including phenoxy) is 2. The first-order chi connectivity index (χ1) is 16.4. The summed E-state index contributed by atoms with van der Waals surface area (Å²) >= 11 is 0. The maximum atomic E-state index is 13.5. The lowest BCUT2D eigenvalue weighted by atomic mass is 10.1. The monoisotopic (exact) mass is 482 g/mol. The van der Waals surface area contributed by atoms with Crippen molar-refractivity contribution in [1.82, 2.24) is 14.7 Å². The SMILES string of the molecule is COc1ccc(S(=O)(=O)N(CCc2ccccc2)CC(=O)N/N=C\c2ccccn2)cc1OC. The number of hydrazone groups is 1. The van der Waals surface area contributed by atoms with Crippen molar-refractivity contribution in [1.29, 1.82) is 0 Å². The fourth-order valence-electron chi connectivity index (χ4n) is 3.13. The van der Waals surface area contributed by atoms with Crippen LogP contribution in [0.3, 0.4) is 0 Å². The Morgan fingerprint density at radius 1 is 1.03 bits per heavy atom. The zero-order valence-electron chi connectivity index (χ0n) is 18.9. The molecular weight excluding hydrogens is 456 g/mol. The van der Waals surface area contributed by atoms with Gasteiger partial charge in [0, 0.05) is 18.8 Å². The number of aromatic nitrogens is 1. The lowest BCUT2D eigenvalue weighted by molar-refractivity contribution is -0.121. The molecule has 178 valence electrons. The van der Waals surface area contributed by atoms with Gasteiger partial charge in [0.05, 0.1) is 37.6 Å². The van der Waals surface area contributed by atoms with Crippen LogP contribution in [0.15, 0.2) is 82.9 Å². The molecule has 1 heterocycles. The quantitative estimate of drug-likeness (QED) is 0.332. The molecule has 9 nitrogen and oxygen atoms in total. The molecule has 10 heteroatoms. The topological polar surface area (TPSA) is 110 Å². The number of rotatable bonds is 11. The van der Waals surface area contributed by atoms with E-state index in [0.717, 1.165) is 9.87 Å². The fraction of sp³-hybridized carbons (Fsp3) is 0.208. The van der Waals surface area contributed by atoms with E-state index in [-0.39, 0.29) is 17.2 Å². The van der Waals surface area contributed by atoms with Gasteiger partial charge in [-0.05, 0) is 36.2 Å². The largest absolute Gasteiger partial charge is 0.493 e. The van der Waals surface area contributed by atoms with Crippen molar-refractivity contribution in [2.24, 2.45) is 5.10 Å². The molecule has 1 N–H and O–H groups in total. The summed E-state index contributed by atoms with van der Waals surface area (Å²) < 4.78 is 38.5. The first-order valence-corrected chi connectivity index (χ1v) is 11.9. The summed E-state index contributed by atoms with van der Waals surface area (Å²) in [6.45, 7) is -0.318. The molecule has 1 amide bonds. The van der Waals surface area contributed by atoms with Gasteiger partial charge in [0.25, 0.3) is 5.91 Å². The third-order valence-corrected chi connectivity index (χ3v) is 6.72. The Hall–Kier alpha value is -3.76. The molecule has 1 aromatic heterocycles. The van der Waals surface area contributed by atoms with Crippen molar-refractivity contribution in [3.8, 4) is 11.5 Å². The van der Waals surface area contributed by atoms with Crippen LogP contribution in [-0.4, -0.2) is 57.1 Å². The molecule has 0 radical (unpaired) electrons. The molecule has 0 atom stereocenters. The number of hydrogen-bond acceptors (Lipinski definition) is 7. The van der Waals surface area contributed by atoms with Crippen LogP contribution < -0.4 is 14.9 Å². The lowest BCUT2D eigenvalue weighted by Gasteiger charge is -2.22. The fourth-order valence-corrected chi connectivity index (χ4v) is 4.54. The number of carbonyl (C=O) groups excluding carboxylic acids is 1. The average Bonchev–Trinajstić information content (AvgIpc) is 2.87. The van der Waals surface area contributed by atoms with Crippen LogP contribution in [0, 0.1) is 0 Å². The Morgan fingerprint density at radius 3 is 2.44 bits per heavy atom. The first kappa shape index (κ1) is 24.9. The molecule has 0 fully saturated rings. The highest BCUT2D eigenvalue weighted by Gasteiger charge is 2.27. The summed E-state index contributed by atoms with van der Waals surface area (Å²) in [5, 5.41) is 3.87. The minimum absolute atomic E-state index is 0.0111. The van der Waals surface area contributed by atoms with Crippen molar-refractivity contribution in [3.63, 3.8) is 0 Å². The highest BCUT2D eigenvalue weighted by molar-refractivity contribution is 7.89. The maximum Gasteiger partial charge on any atom is 0.255 e. The molecule has 0 aliphatic rings. The molecule has 0 aliphatic heterocycles. The molecule has 0 spiro atoms. The second-order valence-corrected chi connectivity index (χ2v) is 9.08. The lowest BCUT2D eigenvalue weighted by Crippen LogP contribution is -2.40. The smallest absolute Gasteiger partial charge is 0.255 e. The second-order valence-electron chi connectivity index (χ2n) is 7.14. The minimum Gasteiger partial charge on any atom is -0.493 e. The van der Waals surface area contributed by atoms with Crippen LogP contribution in [0.5, 0.6) is 11.5 Å². The molecule has 0 saturated heterocycles. The minimum atomic E-state index is -4.03. The Balaban J connectivity index is 1.80. The summed E-state index contributed by atoms with van der Waals surface area (Å²) in [5.41, 5.74) is 3.87. The van der Waals surface area contributed by atoms with E-state index in [1.54, 1.807) is 24.4 Å². The highest BCUT2D eigenvalue weighted by Crippen LogP contribution is 2.30. The number of hydrogen-bond donors (Lipinski definition) is 1. The van der Waals surface area contributed by atoms with Gasteiger partial charge in [0.15, 0.2) is 11.5 Å². The van der Waals surface area contributed by atoms with E-state index in [1.165, 1.54) is 38.6 Å². The van der Waals surface area contributed by atoms with E-state index in [0.29, 0.717) is 17.9 Å². The molecule has 3 aromatic rings. The van der Waals surface area contributed by atoms with Gasteiger partial charge in [-0.3, -0.25) is 9.78 Å². The summed E-state index contributed by atoms with van der Waals surface area (Å²) in [7, 11) is -1.14. The van der Waals surface area contributed by atoms with Crippen LogP contribution in [-0.2, 0) is 21.2 Å². The van der Waals surface area contributed by atoms with Gasteiger partial charge < -0.3 is 9.47 Å². The van der Waals surface area contributed by atoms with E-state index < -0.39 is 22.5 Å². The zero-order valence-corrected chi connectivity index (χ0v) is 19.7. The summed E-state index contributed by atoms with van der Waals surface area (Å²) in [5.74, 6) is 0.0965. The Morgan fingerprint density at radius 2 is 1.76 bits per heavy atom. The number of amides is 1. The van der Waals surface area contributed by atoms with Crippen molar-refractivity contribution in [2.75, 3.05) is 27.3 Å². The summed E-state index contributed by atoms with van der Waals surface area (Å²) in [6.07, 6.45) is 3.41. The third-order valence-electron chi connectivity index (χ3n) is 4.88. The standard InChI is InChI=1S/C24H26N4O5S/c1-32-22-12-11-21(16-23(22)33-2)34(30,31)28(15-13-19-8-4-3-5-9-19)18-24(29)27-26-17-20-10-6-7-14-25-20/h3-12,14,16-17H,13,15,18H2,1-2H3,(H,27,29)/b26-17-. The van der Waals surface area contributed by atoms with Gasteiger partial charge in [-0.1, -0.05) is 36.4 Å². The van der Waals surface area contributed by atoms with Crippen LogP contribution >= 0.6 is 0 Å². The number of sulfonamides is 1. The third kappa shape index (κ3) is 6.63. The average molecular weight is 483 g/mol. The second kappa shape index (κ2) is 11.9. The molecule has 0 unspecified atom stereocenters. The van der Waals surface area contributed by atoms with E-state index in [1.807, 2.05) is 30.3 Å². The molecule has 3 rings (SSSR count). The van der Waals surface area contributed by atoms with Gasteiger partial charge >= 0.3 is 0 Å². The molecule has 0 bridgehead atoms. The maximum absolute atomic E-state index is 13.5. The van der Waals surface area contributed by atoms with Crippen LogP contribution in [0.1, 0.15) is 11.3 Å². The Bertz CT molecular complexity index is 1220. The van der Waals surface area contributed by atoms with Gasteiger partial charge in [0.1, 0.15) is 0 Å². The number of carbonyl (C=O) groups is 1. The predicted molar refractivity (Wildman–Crippen MR) is 128 cm³/mol. The van der Waals surface area contributed by atoms with Crippen LogP contribution in [0.2, 0.25) is 0 Å². The van der Waals surface area contributed by atoms with Gasteiger partial charge in [-0.25, -0.2) is 13.8 Å². The number of pyridine rings is 1. The number of nitrogens with zero attached hydrogens (tertiary/aromatic N) is 3. The number of methoxy groups -OCH3 is 2. The van der Waals surface area contributed by atoms with Gasteiger partial charge in [0.2, 0.25) is 10.0 Å². The normalized spacial score (nSPS) is 11.5. The molecule has 34 heavy (non-hydrogen) atoms. The van der Waals surface area contributed by atoms with Crippen molar-refractivity contribution in [3.05, 3.63) is 84.2 Å². The zero-order chi connectivity index (χ0) is 24.4. The first-order valence-electron chi connectivity index (χ1n) is 10.4. The highest BCUT2D eigenvalue weighted by atomic mass is 32.2. The van der Waals surface area contributed by atoms with E-state index in [4.69, 9.17) is 9.47 Å². The van der Waals surface area contributed by atoms with E-state index in [2.05, 4.69) is 15.5 Å². The Labute approximate surface area is 199 Å². The molecule has 2 aromatic carbocycles. The predicted octanol–water partition coefficient (Wildman–Crippen LogP) is 2.48.